The first-order valence-electron chi connectivity index (χ1n) is 6.83. The summed E-state index contributed by atoms with van der Waals surface area (Å²) in [7, 11) is 0. The number of benzene rings is 1. The fourth-order valence-corrected chi connectivity index (χ4v) is 2.48. The fraction of sp³-hybridized carbons (Fsp3) is 0.438. The van der Waals surface area contributed by atoms with Crippen LogP contribution >= 0.6 is 0 Å². The third-order valence-corrected chi connectivity index (χ3v) is 3.26. The minimum atomic E-state index is 0.481. The Morgan fingerprint density at radius 3 is 2.32 bits per heavy atom. The van der Waals surface area contributed by atoms with E-state index in [2.05, 4.69) is 68.3 Å². The molecule has 0 aliphatic heterocycles. The van der Waals surface area contributed by atoms with Gasteiger partial charge >= 0.3 is 0 Å². The van der Waals surface area contributed by atoms with Gasteiger partial charge in [-0.3, -0.25) is 5.10 Å². The minimum absolute atomic E-state index is 0.481. The highest BCUT2D eigenvalue weighted by Gasteiger charge is 2.10. The van der Waals surface area contributed by atoms with E-state index in [4.69, 9.17) is 0 Å². The molecule has 0 bridgehead atoms. The van der Waals surface area contributed by atoms with Crippen molar-refractivity contribution in [1.82, 2.24) is 15.5 Å². The van der Waals surface area contributed by atoms with Gasteiger partial charge in [0.1, 0.15) is 0 Å². The van der Waals surface area contributed by atoms with Crippen LogP contribution in [0.4, 0.5) is 0 Å². The lowest BCUT2D eigenvalue weighted by Gasteiger charge is -2.08. The van der Waals surface area contributed by atoms with Crippen molar-refractivity contribution in [2.75, 3.05) is 0 Å². The Bertz CT molecular complexity index is 544. The molecule has 3 heteroatoms. The summed E-state index contributed by atoms with van der Waals surface area (Å²) in [6.45, 7) is 11.5. The number of aromatic amines is 1. The van der Waals surface area contributed by atoms with E-state index >= 15 is 0 Å². The molecule has 2 N–H and O–H groups in total. The van der Waals surface area contributed by atoms with Gasteiger partial charge in [0.2, 0.25) is 0 Å². The molecule has 1 aromatic carbocycles. The fourth-order valence-electron chi connectivity index (χ4n) is 2.48. The van der Waals surface area contributed by atoms with Crippen molar-refractivity contribution in [3.8, 4) is 11.3 Å². The second-order valence-electron chi connectivity index (χ2n) is 5.59. The Balaban J connectivity index is 2.28. The second-order valence-corrected chi connectivity index (χ2v) is 5.59. The van der Waals surface area contributed by atoms with Gasteiger partial charge in [-0.1, -0.05) is 31.5 Å². The quantitative estimate of drug-likeness (QED) is 0.880. The lowest BCUT2D eigenvalue weighted by Crippen LogP contribution is -2.21. The van der Waals surface area contributed by atoms with E-state index in [1.807, 2.05) is 0 Å². The minimum Gasteiger partial charge on any atom is -0.309 e. The predicted molar refractivity (Wildman–Crippen MR) is 80.2 cm³/mol. The Kier molecular flexibility index (Phi) is 4.05. The van der Waals surface area contributed by atoms with E-state index in [1.165, 1.54) is 22.3 Å². The zero-order valence-corrected chi connectivity index (χ0v) is 12.5. The molecule has 0 radical (unpaired) electrons. The average Bonchev–Trinajstić information content (AvgIpc) is 2.73. The predicted octanol–water partition coefficient (Wildman–Crippen LogP) is 3.50. The number of nitrogens with zero attached hydrogens (tertiary/aromatic N) is 1. The first kappa shape index (κ1) is 13.8. The Hall–Kier alpha value is -1.61. The summed E-state index contributed by atoms with van der Waals surface area (Å²) < 4.78 is 0. The first-order chi connectivity index (χ1) is 8.97. The SMILES string of the molecule is Cc1cc(C)c(-c2cc(CNC(C)C)[nH]n2)c(C)c1. The number of rotatable bonds is 4. The van der Waals surface area contributed by atoms with Crippen molar-refractivity contribution in [3.05, 3.63) is 40.6 Å². The van der Waals surface area contributed by atoms with Gasteiger partial charge in [-0.2, -0.15) is 5.10 Å². The van der Waals surface area contributed by atoms with E-state index in [-0.39, 0.29) is 0 Å². The van der Waals surface area contributed by atoms with Gasteiger partial charge in [-0.05, 0) is 38.0 Å². The Labute approximate surface area is 115 Å². The summed E-state index contributed by atoms with van der Waals surface area (Å²) in [6.07, 6.45) is 0. The highest BCUT2D eigenvalue weighted by Crippen LogP contribution is 2.27. The molecular weight excluding hydrogens is 234 g/mol. The smallest absolute Gasteiger partial charge is 0.0929 e. The van der Waals surface area contributed by atoms with Gasteiger partial charge in [-0.25, -0.2) is 0 Å². The summed E-state index contributed by atoms with van der Waals surface area (Å²) in [5.74, 6) is 0. The van der Waals surface area contributed by atoms with Gasteiger partial charge in [-0.15, -0.1) is 0 Å². The van der Waals surface area contributed by atoms with Gasteiger partial charge < -0.3 is 5.32 Å². The van der Waals surface area contributed by atoms with Crippen LogP contribution in [-0.2, 0) is 6.54 Å². The largest absolute Gasteiger partial charge is 0.309 e. The van der Waals surface area contributed by atoms with Crippen molar-refractivity contribution < 1.29 is 0 Å². The summed E-state index contributed by atoms with van der Waals surface area (Å²) in [6, 6.07) is 7.04. The Morgan fingerprint density at radius 2 is 1.74 bits per heavy atom. The molecule has 102 valence electrons. The van der Waals surface area contributed by atoms with Crippen molar-refractivity contribution in [1.29, 1.82) is 0 Å². The van der Waals surface area contributed by atoms with Crippen molar-refractivity contribution in [3.63, 3.8) is 0 Å². The zero-order chi connectivity index (χ0) is 14.0. The maximum absolute atomic E-state index is 4.45. The van der Waals surface area contributed by atoms with Crippen LogP contribution < -0.4 is 5.32 Å². The molecule has 1 aromatic heterocycles. The van der Waals surface area contributed by atoms with Gasteiger partial charge in [0.15, 0.2) is 0 Å². The lowest BCUT2D eigenvalue weighted by atomic mass is 9.97. The standard InChI is InChI=1S/C16H23N3/c1-10(2)17-9-14-8-15(19-18-14)16-12(4)6-11(3)7-13(16)5/h6-8,10,17H,9H2,1-5H3,(H,18,19). The van der Waals surface area contributed by atoms with E-state index in [1.54, 1.807) is 0 Å². The number of hydrogen-bond donors (Lipinski definition) is 2. The molecule has 3 nitrogen and oxygen atoms in total. The van der Waals surface area contributed by atoms with E-state index < -0.39 is 0 Å². The molecule has 2 rings (SSSR count). The lowest BCUT2D eigenvalue weighted by molar-refractivity contribution is 0.580. The van der Waals surface area contributed by atoms with E-state index in [0.717, 1.165) is 17.9 Å². The molecule has 0 atom stereocenters. The molecule has 0 aliphatic rings. The second kappa shape index (κ2) is 5.57. The van der Waals surface area contributed by atoms with Crippen molar-refractivity contribution in [2.24, 2.45) is 0 Å². The van der Waals surface area contributed by atoms with E-state index in [9.17, 15) is 0 Å². The van der Waals surface area contributed by atoms with Gasteiger partial charge in [0.05, 0.1) is 5.69 Å². The van der Waals surface area contributed by atoms with Crippen LogP contribution in [0.3, 0.4) is 0 Å². The molecule has 1 heterocycles. The molecular formula is C16H23N3. The molecule has 0 unspecified atom stereocenters. The monoisotopic (exact) mass is 257 g/mol. The summed E-state index contributed by atoms with van der Waals surface area (Å²) >= 11 is 0. The highest BCUT2D eigenvalue weighted by atomic mass is 15.1. The normalized spacial score (nSPS) is 11.3. The van der Waals surface area contributed by atoms with Crippen LogP contribution in [0, 0.1) is 20.8 Å². The third kappa shape index (κ3) is 3.24. The summed E-state index contributed by atoms with van der Waals surface area (Å²) in [5.41, 5.74) is 7.28. The molecule has 0 spiro atoms. The van der Waals surface area contributed by atoms with Crippen molar-refractivity contribution >= 4 is 0 Å². The van der Waals surface area contributed by atoms with Crippen LogP contribution in [0.5, 0.6) is 0 Å². The molecule has 2 aromatic rings. The summed E-state index contributed by atoms with van der Waals surface area (Å²) in [5, 5.41) is 11.0. The highest BCUT2D eigenvalue weighted by molar-refractivity contribution is 5.68. The Morgan fingerprint density at radius 1 is 1.11 bits per heavy atom. The average molecular weight is 257 g/mol. The van der Waals surface area contributed by atoms with Gasteiger partial charge in [0, 0.05) is 23.8 Å². The zero-order valence-electron chi connectivity index (χ0n) is 12.5. The molecule has 0 saturated heterocycles. The molecule has 0 fully saturated rings. The van der Waals surface area contributed by atoms with Crippen LogP contribution in [0.1, 0.15) is 36.2 Å². The number of nitrogens with one attached hydrogen (secondary N) is 2. The van der Waals surface area contributed by atoms with Crippen LogP contribution in [-0.4, -0.2) is 16.2 Å². The van der Waals surface area contributed by atoms with E-state index in [0.29, 0.717) is 6.04 Å². The first-order valence-corrected chi connectivity index (χ1v) is 6.83. The molecule has 19 heavy (non-hydrogen) atoms. The molecule has 0 aliphatic carbocycles. The topological polar surface area (TPSA) is 40.7 Å². The maximum atomic E-state index is 4.45. The van der Waals surface area contributed by atoms with Crippen LogP contribution in [0.25, 0.3) is 11.3 Å². The summed E-state index contributed by atoms with van der Waals surface area (Å²) in [4.78, 5) is 0. The molecule has 0 saturated carbocycles. The van der Waals surface area contributed by atoms with Crippen molar-refractivity contribution in [2.45, 2.75) is 47.2 Å². The van der Waals surface area contributed by atoms with Crippen LogP contribution in [0.2, 0.25) is 0 Å². The number of hydrogen-bond acceptors (Lipinski definition) is 2. The number of aromatic nitrogens is 2. The number of aryl methyl sites for hydroxylation is 3. The maximum Gasteiger partial charge on any atom is 0.0929 e. The third-order valence-electron chi connectivity index (χ3n) is 3.26. The molecule has 0 amide bonds. The number of H-pyrrole nitrogens is 1. The van der Waals surface area contributed by atoms with Crippen LogP contribution in [0.15, 0.2) is 18.2 Å². The van der Waals surface area contributed by atoms with Gasteiger partial charge in [0.25, 0.3) is 0 Å².